The summed E-state index contributed by atoms with van der Waals surface area (Å²) >= 11 is 0. The van der Waals surface area contributed by atoms with Gasteiger partial charge in [-0.15, -0.1) is 6.42 Å². The SMILES string of the molecule is C#CC#N.c1ccc2[nH]cnc2c1. The maximum absolute atomic E-state index is 7.39. The number of nitrogens with one attached hydrogen (secondary N) is 1. The minimum atomic E-state index is 1.03. The zero-order valence-corrected chi connectivity index (χ0v) is 6.86. The molecule has 0 aliphatic carbocycles. The predicted molar refractivity (Wildman–Crippen MR) is 50.5 cm³/mol. The maximum Gasteiger partial charge on any atom is 0.152 e. The van der Waals surface area contributed by atoms with Gasteiger partial charge in [-0.05, 0) is 12.1 Å². The molecule has 0 bridgehead atoms. The summed E-state index contributed by atoms with van der Waals surface area (Å²) in [5, 5.41) is 7.39. The van der Waals surface area contributed by atoms with E-state index in [0.717, 1.165) is 11.0 Å². The summed E-state index contributed by atoms with van der Waals surface area (Å²) in [5.74, 6) is 1.74. The summed E-state index contributed by atoms with van der Waals surface area (Å²) < 4.78 is 0. The molecule has 2 rings (SSSR count). The Hall–Kier alpha value is -2.26. The second kappa shape index (κ2) is 4.58. The monoisotopic (exact) mass is 169 g/mol. The molecule has 0 saturated heterocycles. The molecular weight excluding hydrogens is 162 g/mol. The van der Waals surface area contributed by atoms with E-state index in [9.17, 15) is 0 Å². The number of aromatic nitrogens is 2. The van der Waals surface area contributed by atoms with E-state index in [1.165, 1.54) is 6.07 Å². The highest BCUT2D eigenvalue weighted by atomic mass is 14.9. The fourth-order valence-electron chi connectivity index (χ4n) is 0.880. The molecule has 1 N–H and O–H groups in total. The highest BCUT2D eigenvalue weighted by Crippen LogP contribution is 2.05. The van der Waals surface area contributed by atoms with Crippen LogP contribution in [0, 0.1) is 23.7 Å². The van der Waals surface area contributed by atoms with Crippen LogP contribution in [0.25, 0.3) is 11.0 Å². The first kappa shape index (κ1) is 8.83. The standard InChI is InChI=1S/C7H6N2.C3HN/c1-2-4-7-6(3-1)8-5-9-7;1-2-3-4/h1-5H,(H,8,9);1H. The van der Waals surface area contributed by atoms with Crippen molar-refractivity contribution in [2.45, 2.75) is 0 Å². The van der Waals surface area contributed by atoms with E-state index in [-0.39, 0.29) is 0 Å². The lowest BCUT2D eigenvalue weighted by molar-refractivity contribution is 1.34. The lowest BCUT2D eigenvalue weighted by Gasteiger charge is -1.81. The fraction of sp³-hybridized carbons (Fsp3) is 0. The van der Waals surface area contributed by atoms with Gasteiger partial charge < -0.3 is 4.98 Å². The maximum atomic E-state index is 7.39. The van der Waals surface area contributed by atoms with Crippen molar-refractivity contribution in [3.63, 3.8) is 0 Å². The zero-order chi connectivity index (χ0) is 9.52. The first-order chi connectivity index (χ1) is 6.38. The molecule has 1 aromatic carbocycles. The molecule has 0 atom stereocenters. The molecule has 0 aliphatic rings. The molecule has 2 aromatic rings. The second-order valence-electron chi connectivity index (χ2n) is 2.18. The summed E-state index contributed by atoms with van der Waals surface area (Å²) in [5.41, 5.74) is 2.12. The number of para-hydroxylation sites is 2. The van der Waals surface area contributed by atoms with Gasteiger partial charge in [0.25, 0.3) is 0 Å². The Bertz CT molecular complexity index is 414. The number of benzene rings is 1. The van der Waals surface area contributed by atoms with Crippen LogP contribution < -0.4 is 0 Å². The van der Waals surface area contributed by atoms with Crippen molar-refractivity contribution in [2.75, 3.05) is 0 Å². The molecule has 0 aliphatic heterocycles. The van der Waals surface area contributed by atoms with Crippen molar-refractivity contribution in [1.82, 2.24) is 9.97 Å². The summed E-state index contributed by atoms with van der Waals surface area (Å²) in [7, 11) is 0. The van der Waals surface area contributed by atoms with Crippen molar-refractivity contribution in [3.8, 4) is 18.4 Å². The van der Waals surface area contributed by atoms with Crippen LogP contribution in [0.4, 0.5) is 0 Å². The molecule has 0 fully saturated rings. The number of H-pyrrole nitrogens is 1. The van der Waals surface area contributed by atoms with E-state index in [0.29, 0.717) is 0 Å². The average Bonchev–Trinajstić information content (AvgIpc) is 2.66. The van der Waals surface area contributed by atoms with Gasteiger partial charge >= 0.3 is 0 Å². The van der Waals surface area contributed by atoms with Gasteiger partial charge in [0, 0.05) is 5.92 Å². The van der Waals surface area contributed by atoms with Crippen molar-refractivity contribution in [2.24, 2.45) is 0 Å². The smallest absolute Gasteiger partial charge is 0.152 e. The van der Waals surface area contributed by atoms with Crippen molar-refractivity contribution < 1.29 is 0 Å². The molecule has 13 heavy (non-hydrogen) atoms. The van der Waals surface area contributed by atoms with E-state index in [1.54, 1.807) is 12.2 Å². The summed E-state index contributed by atoms with van der Waals surface area (Å²) in [4.78, 5) is 7.07. The summed E-state index contributed by atoms with van der Waals surface area (Å²) in [6.07, 6.45) is 6.12. The molecule has 0 radical (unpaired) electrons. The molecule has 3 nitrogen and oxygen atoms in total. The van der Waals surface area contributed by atoms with Gasteiger partial charge in [-0.1, -0.05) is 12.1 Å². The minimum Gasteiger partial charge on any atom is -0.345 e. The lowest BCUT2D eigenvalue weighted by Crippen LogP contribution is -1.63. The third-order valence-corrected chi connectivity index (χ3v) is 1.39. The number of aromatic amines is 1. The van der Waals surface area contributed by atoms with E-state index in [2.05, 4.69) is 16.4 Å². The topological polar surface area (TPSA) is 52.5 Å². The van der Waals surface area contributed by atoms with Crippen molar-refractivity contribution in [3.05, 3.63) is 30.6 Å². The third-order valence-electron chi connectivity index (χ3n) is 1.39. The van der Waals surface area contributed by atoms with Gasteiger partial charge in [-0.3, -0.25) is 0 Å². The second-order valence-corrected chi connectivity index (χ2v) is 2.18. The van der Waals surface area contributed by atoms with Crippen LogP contribution >= 0.6 is 0 Å². The molecule has 0 saturated carbocycles. The molecule has 1 aromatic heterocycles. The van der Waals surface area contributed by atoms with Crippen LogP contribution in [0.3, 0.4) is 0 Å². The average molecular weight is 169 g/mol. The lowest BCUT2D eigenvalue weighted by atomic mass is 10.3. The Morgan fingerprint density at radius 3 is 2.69 bits per heavy atom. The van der Waals surface area contributed by atoms with Crippen LogP contribution in [0.5, 0.6) is 0 Å². The molecule has 0 spiro atoms. The number of fused-ring (bicyclic) bond motifs is 1. The largest absolute Gasteiger partial charge is 0.345 e. The van der Waals surface area contributed by atoms with E-state index in [1.807, 2.05) is 24.3 Å². The van der Waals surface area contributed by atoms with Crippen LogP contribution in [0.15, 0.2) is 30.6 Å². The van der Waals surface area contributed by atoms with E-state index >= 15 is 0 Å². The van der Waals surface area contributed by atoms with Gasteiger partial charge in [0.15, 0.2) is 6.07 Å². The zero-order valence-electron chi connectivity index (χ0n) is 6.86. The molecule has 62 valence electrons. The fourth-order valence-corrected chi connectivity index (χ4v) is 0.880. The Morgan fingerprint density at radius 1 is 1.38 bits per heavy atom. The van der Waals surface area contributed by atoms with Crippen LogP contribution in [0.2, 0.25) is 0 Å². The number of imidazole rings is 1. The summed E-state index contributed by atoms with van der Waals surface area (Å²) in [6.45, 7) is 0. The number of rotatable bonds is 0. The van der Waals surface area contributed by atoms with Gasteiger partial charge in [-0.2, -0.15) is 5.26 Å². The Kier molecular flexibility index (Phi) is 3.11. The highest BCUT2D eigenvalue weighted by molar-refractivity contribution is 5.73. The molecule has 0 unspecified atom stereocenters. The Morgan fingerprint density at radius 2 is 2.08 bits per heavy atom. The number of hydrogen-bond donors (Lipinski definition) is 1. The normalized spacial score (nSPS) is 7.85. The van der Waals surface area contributed by atoms with Crippen molar-refractivity contribution >= 4 is 11.0 Å². The predicted octanol–water partition coefficient (Wildman–Crippen LogP) is 1.71. The molecular formula is C10H7N3. The molecule has 0 amide bonds. The van der Waals surface area contributed by atoms with E-state index in [4.69, 9.17) is 5.26 Å². The quantitative estimate of drug-likeness (QED) is 0.610. The number of hydrogen-bond acceptors (Lipinski definition) is 2. The van der Waals surface area contributed by atoms with Crippen LogP contribution in [-0.2, 0) is 0 Å². The van der Waals surface area contributed by atoms with Gasteiger partial charge in [-0.25, -0.2) is 4.98 Å². The first-order valence-electron chi connectivity index (χ1n) is 3.61. The first-order valence-corrected chi connectivity index (χ1v) is 3.61. The van der Waals surface area contributed by atoms with Gasteiger partial charge in [0.1, 0.15) is 0 Å². The van der Waals surface area contributed by atoms with Crippen LogP contribution in [-0.4, -0.2) is 9.97 Å². The number of terminal acetylenes is 1. The van der Waals surface area contributed by atoms with Crippen molar-refractivity contribution in [1.29, 1.82) is 5.26 Å². The molecule has 3 heteroatoms. The number of nitrogens with zero attached hydrogens (tertiary/aromatic N) is 2. The van der Waals surface area contributed by atoms with Gasteiger partial charge in [0.05, 0.1) is 17.4 Å². The Labute approximate surface area is 76.0 Å². The van der Waals surface area contributed by atoms with Crippen LogP contribution in [0.1, 0.15) is 0 Å². The van der Waals surface area contributed by atoms with Gasteiger partial charge in [0.2, 0.25) is 0 Å². The van der Waals surface area contributed by atoms with E-state index < -0.39 is 0 Å². The highest BCUT2D eigenvalue weighted by Gasteiger charge is 1.88. The number of nitriles is 1. The third kappa shape index (κ3) is 2.36. The Balaban J connectivity index is 0.000000184. The summed E-state index contributed by atoms with van der Waals surface area (Å²) in [6, 6.07) is 9.40. The molecule has 1 heterocycles. The minimum absolute atomic E-state index is 1.03.